The second kappa shape index (κ2) is 7.30. The highest BCUT2D eigenvalue weighted by Crippen LogP contribution is 2.26. The van der Waals surface area contributed by atoms with Gasteiger partial charge in [0.1, 0.15) is 0 Å². The molecular weight excluding hydrogens is 220 g/mol. The molecule has 0 amide bonds. The first-order valence-corrected chi connectivity index (χ1v) is 6.42. The summed E-state index contributed by atoms with van der Waals surface area (Å²) in [5.41, 5.74) is 0. The van der Waals surface area contributed by atoms with Gasteiger partial charge in [0.05, 0.1) is 5.92 Å². The van der Waals surface area contributed by atoms with E-state index in [1.165, 1.54) is 19.3 Å². The molecule has 17 heavy (non-hydrogen) atoms. The van der Waals surface area contributed by atoms with E-state index in [9.17, 15) is 9.59 Å². The molecule has 0 saturated heterocycles. The third-order valence-electron chi connectivity index (χ3n) is 3.07. The number of carbonyl (C=O) groups excluding carboxylic acids is 2. The van der Waals surface area contributed by atoms with Gasteiger partial charge in [-0.05, 0) is 18.8 Å². The normalized spacial score (nSPS) is 16.9. The molecule has 0 N–H and O–H groups in total. The van der Waals surface area contributed by atoms with E-state index in [0.717, 1.165) is 12.8 Å². The Morgan fingerprint density at radius 3 is 2.35 bits per heavy atom. The van der Waals surface area contributed by atoms with Gasteiger partial charge in [-0.25, -0.2) is 0 Å². The lowest BCUT2D eigenvalue weighted by molar-refractivity contribution is -0.170. The summed E-state index contributed by atoms with van der Waals surface area (Å²) in [7, 11) is 0. The van der Waals surface area contributed by atoms with Gasteiger partial charge in [-0.2, -0.15) is 0 Å². The Kier molecular flexibility index (Phi) is 6.01. The topological polar surface area (TPSA) is 52.6 Å². The third kappa shape index (κ3) is 5.71. The van der Waals surface area contributed by atoms with E-state index < -0.39 is 0 Å². The van der Waals surface area contributed by atoms with Gasteiger partial charge in [0.2, 0.25) is 6.79 Å². The number of carbonyl (C=O) groups is 2. The summed E-state index contributed by atoms with van der Waals surface area (Å²) in [4.78, 5) is 22.5. The second-order valence-corrected chi connectivity index (χ2v) is 4.96. The maximum Gasteiger partial charge on any atom is 0.311 e. The predicted molar refractivity (Wildman–Crippen MR) is 63.1 cm³/mol. The van der Waals surface area contributed by atoms with E-state index in [2.05, 4.69) is 0 Å². The molecule has 0 aromatic carbocycles. The van der Waals surface area contributed by atoms with E-state index in [1.807, 2.05) is 0 Å². The van der Waals surface area contributed by atoms with Crippen LogP contribution in [0.5, 0.6) is 0 Å². The molecule has 0 heterocycles. The Morgan fingerprint density at radius 1 is 1.12 bits per heavy atom. The fourth-order valence-electron chi connectivity index (χ4n) is 2.01. The van der Waals surface area contributed by atoms with Crippen LogP contribution in [0.3, 0.4) is 0 Å². The Balaban J connectivity index is 2.10. The first kappa shape index (κ1) is 14.0. The maximum atomic E-state index is 11.4. The largest absolute Gasteiger partial charge is 0.428 e. The van der Waals surface area contributed by atoms with Crippen LogP contribution in [0.25, 0.3) is 0 Å². The van der Waals surface area contributed by atoms with Crippen LogP contribution in [0, 0.1) is 11.8 Å². The molecular formula is C13H22O4. The lowest BCUT2D eigenvalue weighted by atomic mass is 9.87. The molecule has 1 rings (SSSR count). The second-order valence-electron chi connectivity index (χ2n) is 4.96. The summed E-state index contributed by atoms with van der Waals surface area (Å²) in [6, 6.07) is 0. The summed E-state index contributed by atoms with van der Waals surface area (Å²) in [6.45, 7) is 3.24. The molecule has 0 bridgehead atoms. The molecule has 0 aromatic rings. The molecule has 98 valence electrons. The highest BCUT2D eigenvalue weighted by Gasteiger charge is 2.18. The smallest absolute Gasteiger partial charge is 0.311 e. The summed E-state index contributed by atoms with van der Waals surface area (Å²) in [6.07, 6.45) is 6.37. The molecule has 4 heteroatoms. The van der Waals surface area contributed by atoms with Gasteiger partial charge in [-0.3, -0.25) is 9.59 Å². The standard InChI is InChI=1S/C13H22O4/c1-10(2)13(15)17-9-16-12(14)8-11-6-4-3-5-7-11/h10-11H,3-9H2,1-2H3. The lowest BCUT2D eigenvalue weighted by Gasteiger charge is -2.20. The van der Waals surface area contributed by atoms with Gasteiger partial charge in [-0.15, -0.1) is 0 Å². The van der Waals surface area contributed by atoms with Crippen molar-refractivity contribution in [1.82, 2.24) is 0 Å². The van der Waals surface area contributed by atoms with Crippen LogP contribution >= 0.6 is 0 Å². The predicted octanol–water partition coefficient (Wildman–Crippen LogP) is 2.66. The Bertz CT molecular complexity index is 254. The first-order chi connectivity index (χ1) is 8.09. The number of esters is 2. The fraction of sp³-hybridized carbons (Fsp3) is 0.846. The highest BCUT2D eigenvalue weighted by atomic mass is 16.7. The molecule has 0 aliphatic heterocycles. The van der Waals surface area contributed by atoms with Crippen molar-refractivity contribution in [2.24, 2.45) is 11.8 Å². The molecule has 0 radical (unpaired) electrons. The van der Waals surface area contributed by atoms with E-state index in [4.69, 9.17) is 9.47 Å². The van der Waals surface area contributed by atoms with Crippen molar-refractivity contribution in [3.05, 3.63) is 0 Å². The van der Waals surface area contributed by atoms with Crippen LogP contribution in [-0.2, 0) is 19.1 Å². The van der Waals surface area contributed by atoms with Crippen molar-refractivity contribution in [3.8, 4) is 0 Å². The minimum Gasteiger partial charge on any atom is -0.428 e. The number of hydrogen-bond acceptors (Lipinski definition) is 4. The zero-order valence-electron chi connectivity index (χ0n) is 10.7. The quantitative estimate of drug-likeness (QED) is 0.549. The van der Waals surface area contributed by atoms with Gasteiger partial charge >= 0.3 is 11.9 Å². The SMILES string of the molecule is CC(C)C(=O)OCOC(=O)CC1CCCCC1. The molecule has 0 atom stereocenters. The van der Waals surface area contributed by atoms with E-state index in [1.54, 1.807) is 13.8 Å². The van der Waals surface area contributed by atoms with Crippen LogP contribution in [0.15, 0.2) is 0 Å². The third-order valence-corrected chi connectivity index (χ3v) is 3.07. The molecule has 1 fully saturated rings. The number of rotatable bonds is 5. The van der Waals surface area contributed by atoms with Crippen molar-refractivity contribution in [2.45, 2.75) is 52.4 Å². The Hall–Kier alpha value is -1.06. The van der Waals surface area contributed by atoms with Crippen molar-refractivity contribution in [2.75, 3.05) is 6.79 Å². The molecule has 1 aliphatic rings. The van der Waals surface area contributed by atoms with Gasteiger partial charge in [-0.1, -0.05) is 33.1 Å². The maximum absolute atomic E-state index is 11.4. The van der Waals surface area contributed by atoms with E-state index in [-0.39, 0.29) is 24.6 Å². The summed E-state index contributed by atoms with van der Waals surface area (Å²) in [5.74, 6) is -0.326. The minimum atomic E-state index is -0.338. The monoisotopic (exact) mass is 242 g/mol. The van der Waals surface area contributed by atoms with Crippen molar-refractivity contribution in [1.29, 1.82) is 0 Å². The lowest BCUT2D eigenvalue weighted by Crippen LogP contribution is -2.18. The summed E-state index contributed by atoms with van der Waals surface area (Å²) in [5, 5.41) is 0. The van der Waals surface area contributed by atoms with Gasteiger partial charge in [0, 0.05) is 6.42 Å². The summed E-state index contributed by atoms with van der Waals surface area (Å²) < 4.78 is 9.66. The zero-order chi connectivity index (χ0) is 12.7. The highest BCUT2D eigenvalue weighted by molar-refractivity contribution is 5.72. The molecule has 0 unspecified atom stereocenters. The van der Waals surface area contributed by atoms with Crippen molar-refractivity contribution >= 4 is 11.9 Å². The molecule has 0 aromatic heterocycles. The van der Waals surface area contributed by atoms with E-state index >= 15 is 0 Å². The van der Waals surface area contributed by atoms with E-state index in [0.29, 0.717) is 12.3 Å². The van der Waals surface area contributed by atoms with Gasteiger partial charge in [0.15, 0.2) is 0 Å². The summed E-state index contributed by atoms with van der Waals surface area (Å²) >= 11 is 0. The van der Waals surface area contributed by atoms with Crippen LogP contribution in [0.4, 0.5) is 0 Å². The average Bonchev–Trinajstić information content (AvgIpc) is 2.30. The van der Waals surface area contributed by atoms with Crippen LogP contribution in [0.1, 0.15) is 52.4 Å². The van der Waals surface area contributed by atoms with Crippen molar-refractivity contribution in [3.63, 3.8) is 0 Å². The fourth-order valence-corrected chi connectivity index (χ4v) is 2.01. The van der Waals surface area contributed by atoms with Crippen LogP contribution in [-0.4, -0.2) is 18.7 Å². The number of hydrogen-bond donors (Lipinski definition) is 0. The van der Waals surface area contributed by atoms with Gasteiger partial charge in [0.25, 0.3) is 0 Å². The Labute approximate surface area is 103 Å². The molecule has 1 aliphatic carbocycles. The first-order valence-electron chi connectivity index (χ1n) is 6.42. The van der Waals surface area contributed by atoms with Gasteiger partial charge < -0.3 is 9.47 Å². The molecule has 4 nitrogen and oxygen atoms in total. The van der Waals surface area contributed by atoms with Crippen molar-refractivity contribution < 1.29 is 19.1 Å². The minimum absolute atomic E-state index is 0.188. The Morgan fingerprint density at radius 2 is 1.76 bits per heavy atom. The zero-order valence-corrected chi connectivity index (χ0v) is 10.7. The van der Waals surface area contributed by atoms with Crippen LogP contribution in [0.2, 0.25) is 0 Å². The number of ether oxygens (including phenoxy) is 2. The van der Waals surface area contributed by atoms with Crippen LogP contribution < -0.4 is 0 Å². The molecule has 0 spiro atoms. The average molecular weight is 242 g/mol. The molecule has 1 saturated carbocycles.